The van der Waals surface area contributed by atoms with Gasteiger partial charge in [-0.1, -0.05) is 48.0 Å². The number of benzene rings is 2. The quantitative estimate of drug-likeness (QED) is 0.602. The number of ketones is 1. The lowest BCUT2D eigenvalue weighted by molar-refractivity contribution is -0.143. The van der Waals surface area contributed by atoms with Gasteiger partial charge in [0, 0.05) is 17.5 Å². The molecule has 0 amide bonds. The molecule has 0 heterocycles. The summed E-state index contributed by atoms with van der Waals surface area (Å²) in [6, 6.07) is 15.0. The van der Waals surface area contributed by atoms with Gasteiger partial charge in [-0.15, -0.1) is 0 Å². The summed E-state index contributed by atoms with van der Waals surface area (Å²) >= 11 is 0. The van der Waals surface area contributed by atoms with Gasteiger partial charge in [0.05, 0.1) is 6.61 Å². The molecule has 0 spiro atoms. The summed E-state index contributed by atoms with van der Waals surface area (Å²) in [7, 11) is 0. The van der Waals surface area contributed by atoms with Gasteiger partial charge in [-0.2, -0.15) is 0 Å². The van der Waals surface area contributed by atoms with Crippen LogP contribution in [0, 0.1) is 6.92 Å². The summed E-state index contributed by atoms with van der Waals surface area (Å²) in [5.41, 5.74) is 3.41. The van der Waals surface area contributed by atoms with Crippen LogP contribution in [0.5, 0.6) is 0 Å². The van der Waals surface area contributed by atoms with Gasteiger partial charge in [0.25, 0.3) is 0 Å². The van der Waals surface area contributed by atoms with E-state index in [0.29, 0.717) is 30.6 Å². The topological polar surface area (TPSA) is 43.4 Å². The molecule has 114 valence electrons. The predicted octanol–water partition coefficient (Wildman–Crippen LogP) is 3.72. The molecule has 22 heavy (non-hydrogen) atoms. The van der Waals surface area contributed by atoms with E-state index in [-0.39, 0.29) is 11.8 Å². The fraction of sp³-hybridized carbons (Fsp3) is 0.263. The molecule has 0 aliphatic rings. The third kappa shape index (κ3) is 4.29. The zero-order valence-electron chi connectivity index (χ0n) is 13.0. The summed E-state index contributed by atoms with van der Waals surface area (Å²) in [5.74, 6) is -0.212. The second-order valence-corrected chi connectivity index (χ2v) is 5.20. The first-order valence-corrected chi connectivity index (χ1v) is 7.46. The van der Waals surface area contributed by atoms with Gasteiger partial charge in [-0.25, -0.2) is 0 Å². The zero-order valence-corrected chi connectivity index (χ0v) is 13.0. The molecule has 0 N–H and O–H groups in total. The number of rotatable bonds is 6. The van der Waals surface area contributed by atoms with Gasteiger partial charge in [0.15, 0.2) is 5.78 Å². The van der Waals surface area contributed by atoms with E-state index >= 15 is 0 Å². The van der Waals surface area contributed by atoms with Gasteiger partial charge < -0.3 is 4.74 Å². The van der Waals surface area contributed by atoms with Crippen LogP contribution < -0.4 is 0 Å². The van der Waals surface area contributed by atoms with E-state index in [4.69, 9.17) is 4.74 Å². The maximum atomic E-state index is 12.5. The van der Waals surface area contributed by atoms with Crippen LogP contribution in [0.4, 0.5) is 0 Å². The highest BCUT2D eigenvalue weighted by Crippen LogP contribution is 2.14. The molecule has 3 nitrogen and oxygen atoms in total. The Balaban J connectivity index is 2.09. The van der Waals surface area contributed by atoms with Crippen LogP contribution in [0.15, 0.2) is 48.5 Å². The van der Waals surface area contributed by atoms with E-state index in [1.54, 1.807) is 13.0 Å². The van der Waals surface area contributed by atoms with Crippen molar-refractivity contribution in [1.82, 2.24) is 0 Å². The highest BCUT2D eigenvalue weighted by Gasteiger charge is 2.10. The van der Waals surface area contributed by atoms with Gasteiger partial charge in [0.1, 0.15) is 0 Å². The van der Waals surface area contributed by atoms with Crippen LogP contribution in [-0.4, -0.2) is 18.4 Å². The van der Waals surface area contributed by atoms with E-state index in [2.05, 4.69) is 0 Å². The normalized spacial score (nSPS) is 10.3. The molecule has 0 aliphatic carbocycles. The third-order valence-electron chi connectivity index (χ3n) is 3.43. The second kappa shape index (κ2) is 7.55. The Morgan fingerprint density at radius 3 is 2.41 bits per heavy atom. The number of aryl methyl sites for hydroxylation is 2. The molecule has 2 aromatic carbocycles. The minimum Gasteiger partial charge on any atom is -0.466 e. The van der Waals surface area contributed by atoms with Crippen LogP contribution in [-0.2, 0) is 16.0 Å². The Morgan fingerprint density at radius 2 is 1.73 bits per heavy atom. The maximum Gasteiger partial charge on any atom is 0.306 e. The molecule has 0 fully saturated rings. The lowest BCUT2D eigenvalue weighted by Crippen LogP contribution is -2.06. The van der Waals surface area contributed by atoms with Gasteiger partial charge >= 0.3 is 5.97 Å². The Morgan fingerprint density at radius 1 is 1.00 bits per heavy atom. The first-order chi connectivity index (χ1) is 10.6. The van der Waals surface area contributed by atoms with Gasteiger partial charge in [-0.05, 0) is 31.9 Å². The summed E-state index contributed by atoms with van der Waals surface area (Å²) in [4.78, 5) is 23.9. The van der Waals surface area contributed by atoms with E-state index in [1.807, 2.05) is 49.4 Å². The summed E-state index contributed by atoms with van der Waals surface area (Å²) < 4.78 is 4.92. The molecule has 0 radical (unpaired) electrons. The number of hydrogen-bond donors (Lipinski definition) is 0. The standard InChI is InChI=1S/C19H20O3/c1-3-22-18(20)12-9-15-5-4-6-17(13-15)19(21)16-10-7-14(2)8-11-16/h4-8,10-11,13H,3,9,12H2,1-2H3. The molecule has 0 saturated carbocycles. The first kappa shape index (κ1) is 16.0. The van der Waals surface area contributed by atoms with E-state index in [0.717, 1.165) is 11.1 Å². The summed E-state index contributed by atoms with van der Waals surface area (Å²) in [6.07, 6.45) is 0.907. The van der Waals surface area contributed by atoms with Gasteiger partial charge in [0.2, 0.25) is 0 Å². The van der Waals surface area contributed by atoms with Crippen molar-refractivity contribution in [3.63, 3.8) is 0 Å². The van der Waals surface area contributed by atoms with Crippen LogP contribution in [0.25, 0.3) is 0 Å². The minimum atomic E-state index is -0.210. The zero-order chi connectivity index (χ0) is 15.9. The van der Waals surface area contributed by atoms with Crippen LogP contribution in [0.3, 0.4) is 0 Å². The van der Waals surface area contributed by atoms with Crippen molar-refractivity contribution in [2.45, 2.75) is 26.7 Å². The predicted molar refractivity (Wildman–Crippen MR) is 86.0 cm³/mol. The van der Waals surface area contributed by atoms with Crippen LogP contribution >= 0.6 is 0 Å². The van der Waals surface area contributed by atoms with Crippen molar-refractivity contribution < 1.29 is 14.3 Å². The average Bonchev–Trinajstić information content (AvgIpc) is 2.53. The van der Waals surface area contributed by atoms with E-state index in [9.17, 15) is 9.59 Å². The van der Waals surface area contributed by atoms with Crippen molar-refractivity contribution in [3.8, 4) is 0 Å². The first-order valence-electron chi connectivity index (χ1n) is 7.46. The molecule has 0 unspecified atom stereocenters. The van der Waals surface area contributed by atoms with Gasteiger partial charge in [-0.3, -0.25) is 9.59 Å². The van der Waals surface area contributed by atoms with E-state index in [1.165, 1.54) is 0 Å². The smallest absolute Gasteiger partial charge is 0.306 e. The lowest BCUT2D eigenvalue weighted by Gasteiger charge is -2.06. The Kier molecular flexibility index (Phi) is 5.48. The molecule has 0 bridgehead atoms. The molecule has 2 rings (SSSR count). The summed E-state index contributed by atoms with van der Waals surface area (Å²) in [5, 5.41) is 0. The number of carbonyl (C=O) groups excluding carboxylic acids is 2. The molecule has 2 aromatic rings. The van der Waals surface area contributed by atoms with Crippen molar-refractivity contribution in [1.29, 1.82) is 0 Å². The molecule has 0 saturated heterocycles. The van der Waals surface area contributed by atoms with Crippen molar-refractivity contribution in [2.24, 2.45) is 0 Å². The number of ether oxygens (including phenoxy) is 1. The summed E-state index contributed by atoms with van der Waals surface area (Å²) in [6.45, 7) is 4.17. The number of carbonyl (C=O) groups is 2. The van der Waals surface area contributed by atoms with Crippen molar-refractivity contribution >= 4 is 11.8 Å². The van der Waals surface area contributed by atoms with Crippen LogP contribution in [0.2, 0.25) is 0 Å². The third-order valence-corrected chi connectivity index (χ3v) is 3.43. The lowest BCUT2D eigenvalue weighted by atomic mass is 9.99. The highest BCUT2D eigenvalue weighted by molar-refractivity contribution is 6.09. The van der Waals surface area contributed by atoms with Crippen molar-refractivity contribution in [2.75, 3.05) is 6.61 Å². The SMILES string of the molecule is CCOC(=O)CCc1cccc(C(=O)c2ccc(C)cc2)c1. The number of hydrogen-bond acceptors (Lipinski definition) is 3. The largest absolute Gasteiger partial charge is 0.466 e. The Hall–Kier alpha value is -2.42. The average molecular weight is 296 g/mol. The fourth-order valence-corrected chi connectivity index (χ4v) is 2.22. The molecule has 0 aromatic heterocycles. The molecule has 3 heteroatoms. The Bertz CT molecular complexity index is 657. The molecular weight excluding hydrogens is 276 g/mol. The number of esters is 1. The monoisotopic (exact) mass is 296 g/mol. The molecule has 0 atom stereocenters. The second-order valence-electron chi connectivity index (χ2n) is 5.20. The molecular formula is C19H20O3. The fourth-order valence-electron chi connectivity index (χ4n) is 2.22. The molecule has 0 aliphatic heterocycles. The van der Waals surface area contributed by atoms with Crippen molar-refractivity contribution in [3.05, 3.63) is 70.8 Å². The van der Waals surface area contributed by atoms with E-state index < -0.39 is 0 Å². The highest BCUT2D eigenvalue weighted by atomic mass is 16.5. The maximum absolute atomic E-state index is 12.5. The van der Waals surface area contributed by atoms with Crippen LogP contribution in [0.1, 0.15) is 40.4 Å². The minimum absolute atomic E-state index is 0.00187. The Labute approximate surface area is 130 Å².